The molecule has 3 aromatic rings. The zero-order chi connectivity index (χ0) is 38.2. The van der Waals surface area contributed by atoms with Gasteiger partial charge in [0.05, 0.1) is 25.1 Å². The minimum absolute atomic E-state index is 0.0125. The molecule has 276 valence electrons. The van der Waals surface area contributed by atoms with E-state index in [1.54, 1.807) is 13.0 Å². The van der Waals surface area contributed by atoms with E-state index in [9.17, 15) is 9.59 Å². The van der Waals surface area contributed by atoms with Crippen LogP contribution in [0.5, 0.6) is 5.75 Å². The molecule has 1 unspecified atom stereocenters. The Kier molecular flexibility index (Phi) is 10.6. The van der Waals surface area contributed by atoms with Crippen molar-refractivity contribution >= 4 is 35.0 Å². The number of imide groups is 1. The van der Waals surface area contributed by atoms with Gasteiger partial charge in [-0.05, 0) is 98.8 Å². The molecule has 0 fully saturated rings. The highest BCUT2D eigenvalue weighted by Gasteiger charge is 2.61. The van der Waals surface area contributed by atoms with E-state index in [0.29, 0.717) is 12.1 Å². The molecule has 5 rings (SSSR count). The van der Waals surface area contributed by atoms with Gasteiger partial charge in [0, 0.05) is 37.0 Å². The van der Waals surface area contributed by atoms with E-state index >= 15 is 4.79 Å². The van der Waals surface area contributed by atoms with Crippen LogP contribution in [0.4, 0.5) is 22.0 Å². The number of nitrogens with one attached hydrogen (secondary N) is 1. The minimum atomic E-state index is -1.93. The second-order valence-corrected chi connectivity index (χ2v) is 14.9. The van der Waals surface area contributed by atoms with Crippen LogP contribution >= 0.6 is 0 Å². The Morgan fingerprint density at radius 1 is 0.942 bits per heavy atom. The highest BCUT2D eigenvalue weighted by atomic mass is 16.5. The first kappa shape index (κ1) is 38.1. The lowest BCUT2D eigenvalue weighted by atomic mass is 9.76. The van der Waals surface area contributed by atoms with Gasteiger partial charge in [-0.1, -0.05) is 53.7 Å². The lowest BCUT2D eigenvalue weighted by molar-refractivity contribution is -0.150. The number of hydrogen-bond acceptors (Lipinski definition) is 6. The van der Waals surface area contributed by atoms with Crippen molar-refractivity contribution in [1.29, 1.82) is 0 Å². The maximum Gasteiger partial charge on any atom is 0.330 e. The second-order valence-electron chi connectivity index (χ2n) is 14.9. The van der Waals surface area contributed by atoms with E-state index in [1.165, 1.54) is 21.3 Å². The van der Waals surface area contributed by atoms with E-state index in [0.717, 1.165) is 53.4 Å². The number of hydrogen-bond donors (Lipinski definition) is 1. The molecule has 1 atom stereocenters. The van der Waals surface area contributed by atoms with Gasteiger partial charge in [-0.15, -0.1) is 0 Å². The summed E-state index contributed by atoms with van der Waals surface area (Å²) >= 11 is 0. The van der Waals surface area contributed by atoms with E-state index < -0.39 is 23.5 Å². The predicted octanol–water partition coefficient (Wildman–Crippen LogP) is 8.15. The lowest BCUT2D eigenvalue weighted by Gasteiger charge is -2.50. The number of aryl methyl sites for hydroxylation is 1. The molecule has 0 saturated carbocycles. The number of carbonyl (C=O) groups is 3. The maximum atomic E-state index is 15.0. The van der Waals surface area contributed by atoms with Crippen LogP contribution in [-0.2, 0) is 26.1 Å². The molecular formula is C41H53N7O4. The molecule has 1 spiro atoms. The number of anilines is 3. The summed E-state index contributed by atoms with van der Waals surface area (Å²) in [6.07, 6.45) is 3.72. The second kappa shape index (κ2) is 14.5. The first-order valence-electron chi connectivity index (χ1n) is 18.4. The summed E-state index contributed by atoms with van der Waals surface area (Å²) in [6, 6.07) is 13.1. The van der Waals surface area contributed by atoms with Crippen LogP contribution in [-0.4, -0.2) is 58.8 Å². The van der Waals surface area contributed by atoms with Gasteiger partial charge in [-0.2, -0.15) is 5.10 Å². The van der Waals surface area contributed by atoms with Crippen LogP contribution in [0.3, 0.4) is 0 Å². The molecule has 2 aliphatic heterocycles. The summed E-state index contributed by atoms with van der Waals surface area (Å²) in [5, 5.41) is 7.37. The molecule has 4 amide bonds. The fraction of sp³-hybridized carbons (Fsp3) is 0.488. The van der Waals surface area contributed by atoms with Crippen molar-refractivity contribution in [2.45, 2.75) is 105 Å². The zero-order valence-electron chi connectivity index (χ0n) is 32.4. The van der Waals surface area contributed by atoms with Gasteiger partial charge in [0.2, 0.25) is 5.66 Å². The monoisotopic (exact) mass is 707 g/mol. The topological polar surface area (TPSA) is 104 Å². The molecule has 0 radical (unpaired) electrons. The highest BCUT2D eigenvalue weighted by Crippen LogP contribution is 2.47. The molecule has 0 aliphatic carbocycles. The van der Waals surface area contributed by atoms with Crippen LogP contribution in [0.1, 0.15) is 98.3 Å². The number of rotatable bonds is 13. The van der Waals surface area contributed by atoms with Gasteiger partial charge >= 0.3 is 6.03 Å². The normalized spacial score (nSPS) is 17.8. The zero-order valence-corrected chi connectivity index (χ0v) is 32.4. The smallest absolute Gasteiger partial charge is 0.330 e. The Balaban J connectivity index is 1.52. The summed E-state index contributed by atoms with van der Waals surface area (Å²) in [6.45, 7) is 30.7. The summed E-state index contributed by atoms with van der Waals surface area (Å²) in [7, 11) is 0. The molecule has 0 bridgehead atoms. The Morgan fingerprint density at radius 3 is 2.25 bits per heavy atom. The van der Waals surface area contributed by atoms with Crippen LogP contribution in [0.25, 0.3) is 4.85 Å². The van der Waals surface area contributed by atoms with Crippen LogP contribution in [0, 0.1) is 13.5 Å². The maximum absolute atomic E-state index is 15.0. The molecule has 3 heterocycles. The van der Waals surface area contributed by atoms with E-state index in [4.69, 9.17) is 11.3 Å². The summed E-state index contributed by atoms with van der Waals surface area (Å²) < 4.78 is 7.82. The largest absolute Gasteiger partial charge is 0.493 e. The number of aromatic nitrogens is 2. The molecule has 0 saturated heterocycles. The average Bonchev–Trinajstić information content (AvgIpc) is 3.60. The van der Waals surface area contributed by atoms with Gasteiger partial charge in [0.1, 0.15) is 11.6 Å². The highest BCUT2D eigenvalue weighted by molar-refractivity contribution is 6.18. The van der Waals surface area contributed by atoms with Crippen molar-refractivity contribution in [2.75, 3.05) is 41.4 Å². The van der Waals surface area contributed by atoms with Crippen molar-refractivity contribution in [1.82, 2.24) is 14.7 Å². The third-order valence-corrected chi connectivity index (χ3v) is 11.3. The van der Waals surface area contributed by atoms with Crippen LogP contribution in [0.15, 0.2) is 59.9 Å². The summed E-state index contributed by atoms with van der Waals surface area (Å²) in [4.78, 5) is 51.4. The minimum Gasteiger partial charge on any atom is -0.493 e. The number of fused-ring (bicyclic) bond motifs is 2. The fourth-order valence-electron chi connectivity index (χ4n) is 7.17. The fourth-order valence-corrected chi connectivity index (χ4v) is 7.17. The van der Waals surface area contributed by atoms with Gasteiger partial charge in [0.25, 0.3) is 17.5 Å². The Hall–Kier alpha value is -5.11. The first-order chi connectivity index (χ1) is 24.6. The molecule has 1 aromatic heterocycles. The quantitative estimate of drug-likeness (QED) is 0.109. The molecule has 11 heteroatoms. The van der Waals surface area contributed by atoms with Gasteiger partial charge in [-0.3, -0.25) is 24.7 Å². The SMILES string of the molecule is [C-]#[N+]C1=C(C)C2(C(=O)N(CCCOc3ccc(C(C)(C)CC)cc3C(C)(C)CC)C1=O)N(c1ccc(N(CC)CC)cc1C)C(=O)Nc1ccnn12. The van der Waals surface area contributed by atoms with E-state index in [2.05, 4.69) is 87.7 Å². The van der Waals surface area contributed by atoms with Crippen LogP contribution < -0.4 is 19.9 Å². The van der Waals surface area contributed by atoms with Crippen molar-refractivity contribution in [3.8, 4) is 5.75 Å². The van der Waals surface area contributed by atoms with Crippen molar-refractivity contribution in [2.24, 2.45) is 0 Å². The third-order valence-electron chi connectivity index (χ3n) is 11.3. The predicted molar refractivity (Wildman–Crippen MR) is 206 cm³/mol. The lowest BCUT2D eigenvalue weighted by Crippen LogP contribution is -2.70. The van der Waals surface area contributed by atoms with Crippen LogP contribution in [0.2, 0.25) is 0 Å². The molecule has 2 aliphatic rings. The number of nitrogens with zero attached hydrogens (tertiary/aromatic N) is 6. The number of ether oxygens (including phenoxy) is 1. The standard InChI is InChI=1S/C41H53N7O4/c1-12-39(7,8)29-17-20-33(31(26-29)40(9,10)13-2)52-24-16-23-46-36(49)35(42-11)28(6)41(37(46)50)47(38(51)44-34-21-22-43-48(34)41)32-19-18-30(25-27(32)5)45(14-3)15-4/h17-22,25-26H,12-16,23-24H2,1-10H3,(H,44,51). The summed E-state index contributed by atoms with van der Waals surface area (Å²) in [5.41, 5.74) is 2.41. The van der Waals surface area contributed by atoms with Crippen molar-refractivity contribution in [3.05, 3.63) is 88.0 Å². The Morgan fingerprint density at radius 2 is 1.63 bits per heavy atom. The summed E-state index contributed by atoms with van der Waals surface area (Å²) in [5.74, 6) is -0.300. The Bertz CT molecular complexity index is 1950. The van der Waals surface area contributed by atoms with Gasteiger partial charge in [0.15, 0.2) is 0 Å². The Labute approximate surface area is 308 Å². The van der Waals surface area contributed by atoms with Crippen molar-refractivity contribution < 1.29 is 19.1 Å². The first-order valence-corrected chi connectivity index (χ1v) is 18.4. The van der Waals surface area contributed by atoms with E-state index in [1.807, 2.05) is 31.2 Å². The van der Waals surface area contributed by atoms with E-state index in [-0.39, 0.29) is 41.1 Å². The number of amides is 4. The number of carbonyl (C=O) groups excluding carboxylic acids is 3. The molecular weight excluding hydrogens is 654 g/mol. The van der Waals surface area contributed by atoms with Crippen molar-refractivity contribution in [3.63, 3.8) is 0 Å². The molecule has 52 heavy (non-hydrogen) atoms. The van der Waals surface area contributed by atoms with Gasteiger partial charge < -0.3 is 9.64 Å². The van der Waals surface area contributed by atoms with Gasteiger partial charge in [-0.25, -0.2) is 14.3 Å². The average molecular weight is 708 g/mol. The molecule has 1 N–H and O–H groups in total. The number of urea groups is 1. The molecule has 2 aromatic carbocycles. The third kappa shape index (κ3) is 6.22. The number of benzene rings is 2. The molecule has 11 nitrogen and oxygen atoms in total.